The number of nitrogens with zero attached hydrogens (tertiary/aromatic N) is 3. The molecule has 1 N–H and O–H groups in total. The van der Waals surface area contributed by atoms with Crippen molar-refractivity contribution in [3.63, 3.8) is 0 Å². The maximum atomic E-state index is 12.1. The van der Waals surface area contributed by atoms with Gasteiger partial charge in [0.15, 0.2) is 11.8 Å². The van der Waals surface area contributed by atoms with Gasteiger partial charge in [0.05, 0.1) is 12.3 Å². The lowest BCUT2D eigenvalue weighted by molar-refractivity contribution is -0.154. The van der Waals surface area contributed by atoms with E-state index in [4.69, 9.17) is 9.47 Å². The Morgan fingerprint density at radius 1 is 1.31 bits per heavy atom. The SMILES string of the molecule is COCCNC(=O)[C@H](C)OC(=O)CCc1c(C)nc2cc(C)nn2c1C. The lowest BCUT2D eigenvalue weighted by Gasteiger charge is -2.14. The minimum absolute atomic E-state index is 0.171. The van der Waals surface area contributed by atoms with Gasteiger partial charge in [-0.1, -0.05) is 0 Å². The van der Waals surface area contributed by atoms with E-state index in [1.54, 1.807) is 18.5 Å². The first kappa shape index (κ1) is 19.8. The molecule has 0 aliphatic heterocycles. The zero-order chi connectivity index (χ0) is 19.3. The molecule has 8 nitrogen and oxygen atoms in total. The summed E-state index contributed by atoms with van der Waals surface area (Å²) in [5.41, 5.74) is 4.48. The first-order chi connectivity index (χ1) is 12.3. The van der Waals surface area contributed by atoms with E-state index < -0.39 is 12.1 Å². The third-order valence-electron chi connectivity index (χ3n) is 4.15. The third-order valence-corrected chi connectivity index (χ3v) is 4.15. The van der Waals surface area contributed by atoms with Crippen LogP contribution in [0.2, 0.25) is 0 Å². The fourth-order valence-electron chi connectivity index (χ4n) is 2.76. The van der Waals surface area contributed by atoms with Crippen LogP contribution in [0.3, 0.4) is 0 Å². The zero-order valence-electron chi connectivity index (χ0n) is 16.0. The van der Waals surface area contributed by atoms with Crippen LogP contribution in [0.5, 0.6) is 0 Å². The van der Waals surface area contributed by atoms with E-state index in [2.05, 4.69) is 15.4 Å². The van der Waals surface area contributed by atoms with E-state index in [1.807, 2.05) is 26.8 Å². The number of ether oxygens (including phenoxy) is 2. The number of carbonyl (C=O) groups is 2. The fraction of sp³-hybridized carbons (Fsp3) is 0.556. The summed E-state index contributed by atoms with van der Waals surface area (Å²) in [5.74, 6) is -0.757. The van der Waals surface area contributed by atoms with Gasteiger partial charge in [0.25, 0.3) is 5.91 Å². The van der Waals surface area contributed by atoms with Crippen molar-refractivity contribution in [1.29, 1.82) is 0 Å². The molecule has 0 radical (unpaired) electrons. The molecule has 2 aromatic rings. The quantitative estimate of drug-likeness (QED) is 0.561. The maximum Gasteiger partial charge on any atom is 0.306 e. The van der Waals surface area contributed by atoms with Gasteiger partial charge >= 0.3 is 5.97 Å². The average Bonchev–Trinajstić information content (AvgIpc) is 2.95. The second-order valence-electron chi connectivity index (χ2n) is 6.23. The van der Waals surface area contributed by atoms with Crippen molar-refractivity contribution in [2.45, 2.75) is 46.6 Å². The van der Waals surface area contributed by atoms with E-state index in [0.29, 0.717) is 19.6 Å². The van der Waals surface area contributed by atoms with Gasteiger partial charge in [0.1, 0.15) is 0 Å². The number of carbonyl (C=O) groups excluding carboxylic acids is 2. The Morgan fingerprint density at radius 2 is 2.04 bits per heavy atom. The highest BCUT2D eigenvalue weighted by Crippen LogP contribution is 2.17. The number of rotatable bonds is 8. The first-order valence-corrected chi connectivity index (χ1v) is 8.62. The van der Waals surface area contributed by atoms with Crippen molar-refractivity contribution in [2.24, 2.45) is 0 Å². The molecule has 0 aliphatic carbocycles. The molecule has 1 amide bonds. The van der Waals surface area contributed by atoms with E-state index in [-0.39, 0.29) is 12.3 Å². The smallest absolute Gasteiger partial charge is 0.306 e. The number of methoxy groups -OCH3 is 1. The third kappa shape index (κ3) is 4.78. The van der Waals surface area contributed by atoms with Gasteiger partial charge in [-0.25, -0.2) is 9.50 Å². The normalized spacial score (nSPS) is 12.2. The number of aromatic nitrogens is 3. The molecule has 0 aliphatic rings. The van der Waals surface area contributed by atoms with Crippen molar-refractivity contribution in [1.82, 2.24) is 19.9 Å². The first-order valence-electron chi connectivity index (χ1n) is 8.62. The highest BCUT2D eigenvalue weighted by Gasteiger charge is 2.18. The molecule has 0 spiro atoms. The molecule has 1 atom stereocenters. The molecule has 0 aromatic carbocycles. The van der Waals surface area contributed by atoms with Crippen LogP contribution in [0, 0.1) is 20.8 Å². The Morgan fingerprint density at radius 3 is 2.73 bits per heavy atom. The Hall–Kier alpha value is -2.48. The van der Waals surface area contributed by atoms with E-state index in [9.17, 15) is 9.59 Å². The van der Waals surface area contributed by atoms with Gasteiger partial charge in [-0.15, -0.1) is 0 Å². The highest BCUT2D eigenvalue weighted by molar-refractivity contribution is 5.83. The molecule has 2 heterocycles. The molecule has 2 rings (SSSR count). The zero-order valence-corrected chi connectivity index (χ0v) is 16.0. The number of nitrogens with one attached hydrogen (secondary N) is 1. The van der Waals surface area contributed by atoms with Crippen LogP contribution >= 0.6 is 0 Å². The van der Waals surface area contributed by atoms with Crippen molar-refractivity contribution in [2.75, 3.05) is 20.3 Å². The molecule has 0 fully saturated rings. The number of fused-ring (bicyclic) bond motifs is 1. The lowest BCUT2D eigenvalue weighted by Crippen LogP contribution is -2.37. The van der Waals surface area contributed by atoms with Crippen LogP contribution in [0.1, 0.15) is 36.0 Å². The number of hydrogen-bond donors (Lipinski definition) is 1. The summed E-state index contributed by atoms with van der Waals surface area (Å²) in [6.45, 7) is 8.14. The monoisotopic (exact) mass is 362 g/mol. The fourth-order valence-corrected chi connectivity index (χ4v) is 2.76. The summed E-state index contributed by atoms with van der Waals surface area (Å²) in [5, 5.41) is 7.06. The molecule has 142 valence electrons. The lowest BCUT2D eigenvalue weighted by atomic mass is 10.1. The Balaban J connectivity index is 1.95. The van der Waals surface area contributed by atoms with E-state index >= 15 is 0 Å². The van der Waals surface area contributed by atoms with E-state index in [0.717, 1.165) is 28.3 Å². The number of hydrogen-bond acceptors (Lipinski definition) is 6. The summed E-state index contributed by atoms with van der Waals surface area (Å²) in [6.07, 6.45) is -0.183. The minimum Gasteiger partial charge on any atom is -0.453 e. The second-order valence-corrected chi connectivity index (χ2v) is 6.23. The standard InChI is InChI=1S/C18H26N4O4/c1-11-10-16-20-12(2)15(13(3)22(16)21-11)6-7-17(23)26-14(4)18(24)19-8-9-25-5/h10,14H,6-9H2,1-5H3,(H,19,24)/t14-/m0/s1. The summed E-state index contributed by atoms with van der Waals surface area (Å²) in [7, 11) is 1.55. The van der Waals surface area contributed by atoms with Crippen LogP contribution < -0.4 is 5.32 Å². The molecule has 0 saturated carbocycles. The van der Waals surface area contributed by atoms with Crippen molar-refractivity contribution >= 4 is 17.5 Å². The summed E-state index contributed by atoms with van der Waals surface area (Å²) in [4.78, 5) is 28.4. The van der Waals surface area contributed by atoms with Crippen molar-refractivity contribution in [3.05, 3.63) is 28.7 Å². The van der Waals surface area contributed by atoms with Gasteiger partial charge in [0, 0.05) is 37.5 Å². The molecule has 8 heteroatoms. The highest BCUT2D eigenvalue weighted by atomic mass is 16.5. The summed E-state index contributed by atoms with van der Waals surface area (Å²) < 4.78 is 11.8. The number of esters is 1. The van der Waals surface area contributed by atoms with Crippen LogP contribution in [-0.2, 0) is 25.5 Å². The maximum absolute atomic E-state index is 12.1. The van der Waals surface area contributed by atoms with Gasteiger partial charge in [-0.05, 0) is 39.7 Å². The molecule has 0 bridgehead atoms. The van der Waals surface area contributed by atoms with Gasteiger partial charge in [0.2, 0.25) is 0 Å². The van der Waals surface area contributed by atoms with Crippen LogP contribution in [0.25, 0.3) is 5.65 Å². The summed E-state index contributed by atoms with van der Waals surface area (Å²) >= 11 is 0. The van der Waals surface area contributed by atoms with Crippen LogP contribution in [0.4, 0.5) is 0 Å². The molecule has 2 aromatic heterocycles. The topological polar surface area (TPSA) is 94.8 Å². The van der Waals surface area contributed by atoms with Crippen molar-refractivity contribution < 1.29 is 19.1 Å². The minimum atomic E-state index is -0.837. The molecular weight excluding hydrogens is 336 g/mol. The second kappa shape index (κ2) is 8.75. The van der Waals surface area contributed by atoms with E-state index in [1.165, 1.54) is 0 Å². The number of amides is 1. The summed E-state index contributed by atoms with van der Waals surface area (Å²) in [6, 6.07) is 1.92. The van der Waals surface area contributed by atoms with Crippen LogP contribution in [0.15, 0.2) is 6.07 Å². The molecule has 0 unspecified atom stereocenters. The molecule has 0 saturated heterocycles. The average molecular weight is 362 g/mol. The van der Waals surface area contributed by atoms with Gasteiger partial charge in [-0.2, -0.15) is 5.10 Å². The largest absolute Gasteiger partial charge is 0.453 e. The predicted octanol–water partition coefficient (Wildman–Crippen LogP) is 1.28. The van der Waals surface area contributed by atoms with Gasteiger partial charge < -0.3 is 14.8 Å². The Kier molecular flexibility index (Phi) is 6.68. The van der Waals surface area contributed by atoms with Crippen LogP contribution in [-0.4, -0.2) is 52.8 Å². The van der Waals surface area contributed by atoms with Gasteiger partial charge in [-0.3, -0.25) is 9.59 Å². The van der Waals surface area contributed by atoms with Crippen molar-refractivity contribution in [3.8, 4) is 0 Å². The molecular formula is C18H26N4O4. The number of aryl methyl sites for hydroxylation is 3. The Bertz CT molecular complexity index is 800. The molecule has 26 heavy (non-hydrogen) atoms. The predicted molar refractivity (Wildman–Crippen MR) is 96.0 cm³/mol. The Labute approximate surface area is 152 Å².